The lowest BCUT2D eigenvalue weighted by molar-refractivity contribution is 0.223. The minimum atomic E-state index is -4.09. The van der Waals surface area contributed by atoms with Crippen LogP contribution in [0.2, 0.25) is 0 Å². The van der Waals surface area contributed by atoms with Crippen molar-refractivity contribution in [2.75, 3.05) is 30.2 Å². The van der Waals surface area contributed by atoms with Crippen molar-refractivity contribution >= 4 is 48.3 Å². The Morgan fingerprint density at radius 3 is 2.79 bits per heavy atom. The van der Waals surface area contributed by atoms with Crippen molar-refractivity contribution < 1.29 is 12.8 Å². The number of nitrogens with zero attached hydrogens (tertiary/aromatic N) is 3. The van der Waals surface area contributed by atoms with Crippen LogP contribution in [0, 0.1) is 5.82 Å². The fourth-order valence-corrected chi connectivity index (χ4v) is 5.07. The van der Waals surface area contributed by atoms with E-state index in [9.17, 15) is 12.8 Å². The molecule has 1 heterocycles. The van der Waals surface area contributed by atoms with Crippen LogP contribution in [0.15, 0.2) is 27.8 Å². The summed E-state index contributed by atoms with van der Waals surface area (Å²) in [5.41, 5.74) is 6.50. The van der Waals surface area contributed by atoms with E-state index >= 15 is 0 Å². The van der Waals surface area contributed by atoms with Gasteiger partial charge in [0.15, 0.2) is 0 Å². The first-order chi connectivity index (χ1) is 13.2. The van der Waals surface area contributed by atoms with Crippen LogP contribution in [0.1, 0.15) is 25.7 Å². The third kappa shape index (κ3) is 5.17. The average Bonchev–Trinajstić information content (AvgIpc) is 3.18. The van der Waals surface area contributed by atoms with Crippen LogP contribution < -0.4 is 15.8 Å². The van der Waals surface area contributed by atoms with E-state index in [1.165, 1.54) is 18.5 Å². The van der Waals surface area contributed by atoms with Gasteiger partial charge in [0.05, 0.1) is 11.4 Å². The van der Waals surface area contributed by atoms with Gasteiger partial charge in [-0.25, -0.2) is 17.8 Å². The number of nitrogens with two attached hydrogens (primary N) is 1. The van der Waals surface area contributed by atoms with Crippen molar-refractivity contribution in [3.05, 3.63) is 28.7 Å². The van der Waals surface area contributed by atoms with Crippen molar-refractivity contribution in [3.8, 4) is 0 Å². The molecule has 1 aromatic carbocycles. The Morgan fingerprint density at radius 2 is 2.14 bits per heavy atom. The van der Waals surface area contributed by atoms with Crippen LogP contribution in [0.5, 0.6) is 0 Å². The minimum absolute atomic E-state index is 0.0770. The quantitative estimate of drug-likeness (QED) is 0.345. The molecule has 154 valence electrons. The van der Waals surface area contributed by atoms with Gasteiger partial charge in [0.25, 0.3) is 10.0 Å². The second-order valence-corrected chi connectivity index (χ2v) is 10.1. The van der Waals surface area contributed by atoms with Crippen molar-refractivity contribution in [3.63, 3.8) is 0 Å². The second-order valence-electron chi connectivity index (χ2n) is 6.77. The number of anilines is 2. The number of aromatic nitrogens is 2. The highest BCUT2D eigenvalue weighted by molar-refractivity contribution is 9.10. The summed E-state index contributed by atoms with van der Waals surface area (Å²) in [4.78, 5) is 5.46. The summed E-state index contributed by atoms with van der Waals surface area (Å²) in [6.07, 6.45) is 5.14. The van der Waals surface area contributed by atoms with Crippen LogP contribution in [0.25, 0.3) is 0 Å². The summed E-state index contributed by atoms with van der Waals surface area (Å²) in [5, 5.41) is 3.21. The maximum atomic E-state index is 14.4. The van der Waals surface area contributed by atoms with E-state index in [-0.39, 0.29) is 10.8 Å². The number of hydrogen-bond donors (Lipinski definition) is 3. The Labute approximate surface area is 176 Å². The molecule has 1 aromatic heterocycles. The summed E-state index contributed by atoms with van der Waals surface area (Å²) < 4.78 is 45.6. The van der Waals surface area contributed by atoms with E-state index in [0.29, 0.717) is 16.7 Å². The maximum absolute atomic E-state index is 14.4. The molecule has 2 aromatic rings. The zero-order valence-corrected chi connectivity index (χ0v) is 18.5. The molecule has 0 atom stereocenters. The van der Waals surface area contributed by atoms with Crippen LogP contribution in [-0.4, -0.2) is 48.5 Å². The average molecular weight is 493 g/mol. The number of benzene rings is 1. The summed E-state index contributed by atoms with van der Waals surface area (Å²) in [6, 6.07) is 2.41. The maximum Gasteiger partial charge on any atom is 0.266 e. The van der Waals surface area contributed by atoms with Gasteiger partial charge in [0, 0.05) is 22.5 Å². The molecule has 0 saturated heterocycles. The third-order valence-electron chi connectivity index (χ3n) is 4.65. The van der Waals surface area contributed by atoms with Crippen molar-refractivity contribution in [1.29, 1.82) is 0 Å². The van der Waals surface area contributed by atoms with Gasteiger partial charge in [-0.05, 0) is 67.3 Å². The minimum Gasteiger partial charge on any atom is -0.384 e. The molecule has 0 aliphatic heterocycles. The smallest absolute Gasteiger partial charge is 0.266 e. The lowest BCUT2D eigenvalue weighted by atomic mass is 10.2. The van der Waals surface area contributed by atoms with E-state index in [4.69, 9.17) is 5.73 Å². The number of nitrogens with one attached hydrogen (secondary N) is 2. The molecule has 3 rings (SSSR count). The summed E-state index contributed by atoms with van der Waals surface area (Å²) in [5.74, 6) is -0.846. The lowest BCUT2D eigenvalue weighted by Crippen LogP contribution is -2.42. The molecular formula is C16H22BrFN6O2S2. The largest absolute Gasteiger partial charge is 0.384 e. The Kier molecular flexibility index (Phi) is 6.54. The summed E-state index contributed by atoms with van der Waals surface area (Å²) in [6.45, 7) is 1.54. The van der Waals surface area contributed by atoms with Crippen LogP contribution in [0.4, 0.5) is 15.2 Å². The Morgan fingerprint density at radius 1 is 1.39 bits per heavy atom. The summed E-state index contributed by atoms with van der Waals surface area (Å²) >= 11 is 4.18. The Hall–Kier alpha value is -1.34. The number of sulfonamides is 1. The molecule has 0 unspecified atom stereocenters. The first kappa shape index (κ1) is 21.4. The monoisotopic (exact) mass is 492 g/mol. The van der Waals surface area contributed by atoms with Gasteiger partial charge in [0.2, 0.25) is 5.13 Å². The lowest BCUT2D eigenvalue weighted by Gasteiger charge is -2.23. The van der Waals surface area contributed by atoms with Gasteiger partial charge in [0.1, 0.15) is 17.0 Å². The topological polar surface area (TPSA) is 113 Å². The first-order valence-electron chi connectivity index (χ1n) is 8.74. The van der Waals surface area contributed by atoms with Crippen LogP contribution >= 0.6 is 27.5 Å². The van der Waals surface area contributed by atoms with E-state index in [1.54, 1.807) is 0 Å². The third-order valence-corrected chi connectivity index (χ3v) is 7.37. The number of unbranched alkanes of at least 4 members (excludes halogenated alkanes) is 1. The Balaban J connectivity index is 1.56. The molecule has 1 aliphatic rings. The van der Waals surface area contributed by atoms with E-state index in [2.05, 4.69) is 40.2 Å². The predicted octanol–water partition coefficient (Wildman–Crippen LogP) is 2.81. The fourth-order valence-electron chi connectivity index (χ4n) is 2.69. The van der Waals surface area contributed by atoms with E-state index in [0.717, 1.165) is 43.8 Å². The zero-order chi connectivity index (χ0) is 20.4. The Bertz CT molecular complexity index is 921. The highest BCUT2D eigenvalue weighted by Gasteiger charge is 2.41. The predicted molar refractivity (Wildman–Crippen MR) is 111 cm³/mol. The van der Waals surface area contributed by atoms with Gasteiger partial charge in [-0.2, -0.15) is 4.37 Å². The van der Waals surface area contributed by atoms with E-state index < -0.39 is 20.7 Å². The van der Waals surface area contributed by atoms with Gasteiger partial charge >= 0.3 is 0 Å². The van der Waals surface area contributed by atoms with Crippen molar-refractivity contribution in [2.45, 2.75) is 36.2 Å². The van der Waals surface area contributed by atoms with Crippen LogP contribution in [-0.2, 0) is 10.0 Å². The second kappa shape index (κ2) is 8.57. The van der Waals surface area contributed by atoms with Crippen molar-refractivity contribution in [2.24, 2.45) is 5.73 Å². The van der Waals surface area contributed by atoms with Crippen molar-refractivity contribution in [1.82, 2.24) is 14.3 Å². The highest BCUT2D eigenvalue weighted by Crippen LogP contribution is 2.35. The van der Waals surface area contributed by atoms with Gasteiger partial charge in [-0.1, -0.05) is 0 Å². The zero-order valence-electron chi connectivity index (χ0n) is 15.3. The van der Waals surface area contributed by atoms with Gasteiger partial charge in [-0.15, -0.1) is 0 Å². The molecule has 1 saturated carbocycles. The summed E-state index contributed by atoms with van der Waals surface area (Å²) in [7, 11) is -2.06. The molecule has 1 fully saturated rings. The molecule has 12 heteroatoms. The number of rotatable bonds is 10. The normalized spacial score (nSPS) is 15.6. The number of halogens is 2. The highest BCUT2D eigenvalue weighted by atomic mass is 79.9. The molecule has 4 N–H and O–H groups in total. The molecule has 0 spiro atoms. The van der Waals surface area contributed by atoms with E-state index in [1.807, 2.05) is 7.05 Å². The standard InChI is InChI=1S/C16H22BrFN6O2S2/c1-24(16(19)4-5-16)7-3-2-6-20-13-9-12(18)14(8-11(13)17)28(25,26)23-15-21-10-22-27-15/h8-10,20H,2-7,19H2,1H3,(H,21,22,23). The molecular weight excluding hydrogens is 471 g/mol. The molecule has 1 aliphatic carbocycles. The fraction of sp³-hybridized carbons (Fsp3) is 0.500. The molecule has 0 amide bonds. The van der Waals surface area contributed by atoms with Gasteiger partial charge < -0.3 is 11.1 Å². The first-order valence-corrected chi connectivity index (χ1v) is 11.8. The molecule has 0 radical (unpaired) electrons. The molecule has 8 nitrogen and oxygen atoms in total. The van der Waals surface area contributed by atoms with Crippen LogP contribution in [0.3, 0.4) is 0 Å². The van der Waals surface area contributed by atoms with Gasteiger partial charge in [-0.3, -0.25) is 9.62 Å². The SMILES string of the molecule is CN(CCCCNc1cc(F)c(S(=O)(=O)Nc2ncns2)cc1Br)C1(N)CC1. The number of hydrogen-bond acceptors (Lipinski definition) is 8. The molecule has 28 heavy (non-hydrogen) atoms. The molecule has 0 bridgehead atoms.